The fourth-order valence-corrected chi connectivity index (χ4v) is 6.05. The summed E-state index contributed by atoms with van der Waals surface area (Å²) in [7, 11) is 0. The Kier molecular flexibility index (Phi) is 5.70. The van der Waals surface area contributed by atoms with Crippen molar-refractivity contribution in [3.63, 3.8) is 0 Å². The molecule has 162 valence electrons. The highest BCUT2D eigenvalue weighted by Gasteiger charge is 2.36. The molecule has 31 heavy (non-hydrogen) atoms. The van der Waals surface area contributed by atoms with Crippen LogP contribution in [0.15, 0.2) is 63.8 Å². The van der Waals surface area contributed by atoms with Gasteiger partial charge in [0.2, 0.25) is 0 Å². The van der Waals surface area contributed by atoms with Gasteiger partial charge < -0.3 is 9.64 Å². The van der Waals surface area contributed by atoms with Gasteiger partial charge in [0, 0.05) is 26.9 Å². The molecule has 0 radical (unpaired) electrons. The number of ether oxygens (including phenoxy) is 1. The molecule has 3 aliphatic rings. The molecule has 1 aliphatic carbocycles. The van der Waals surface area contributed by atoms with Gasteiger partial charge in [0.25, 0.3) is 0 Å². The van der Waals surface area contributed by atoms with Gasteiger partial charge in [-0.25, -0.2) is 0 Å². The first kappa shape index (κ1) is 21.2. The van der Waals surface area contributed by atoms with Crippen molar-refractivity contribution in [2.24, 2.45) is 0 Å². The maximum Gasteiger partial charge on any atom is 0.110 e. The van der Waals surface area contributed by atoms with Gasteiger partial charge in [-0.05, 0) is 98.2 Å². The van der Waals surface area contributed by atoms with Crippen molar-refractivity contribution in [3.8, 4) is 0 Å². The van der Waals surface area contributed by atoms with Crippen molar-refractivity contribution in [2.75, 3.05) is 17.8 Å². The molecule has 5 rings (SSSR count). The molecule has 0 amide bonds. The molecule has 1 atom stereocenters. The third kappa shape index (κ3) is 3.65. The highest BCUT2D eigenvalue weighted by molar-refractivity contribution is 7.98. The van der Waals surface area contributed by atoms with Gasteiger partial charge in [-0.2, -0.15) is 0 Å². The average Bonchev–Trinajstić information content (AvgIpc) is 3.62. The zero-order valence-corrected chi connectivity index (χ0v) is 20.4. The van der Waals surface area contributed by atoms with Gasteiger partial charge in [-0.3, -0.25) is 0 Å². The number of nitrogens with zero attached hydrogens (tertiary/aromatic N) is 1. The number of benzene rings is 2. The molecule has 2 nitrogen and oxygen atoms in total. The molecule has 0 unspecified atom stereocenters. The van der Waals surface area contributed by atoms with E-state index in [0.29, 0.717) is 12.5 Å². The lowest BCUT2D eigenvalue weighted by molar-refractivity contribution is 0.100. The summed E-state index contributed by atoms with van der Waals surface area (Å²) in [5.74, 6) is 0.657. The first-order valence-corrected chi connectivity index (χ1v) is 12.9. The summed E-state index contributed by atoms with van der Waals surface area (Å²) in [4.78, 5) is 3.83. The number of anilines is 1. The number of rotatable bonds is 4. The van der Waals surface area contributed by atoms with Crippen LogP contribution in [0.3, 0.4) is 0 Å². The van der Waals surface area contributed by atoms with Gasteiger partial charge >= 0.3 is 0 Å². The average molecular weight is 452 g/mol. The predicted octanol–water partition coefficient (Wildman–Crippen LogP) is 8.23. The van der Waals surface area contributed by atoms with E-state index in [1.807, 2.05) is 17.8 Å². The van der Waals surface area contributed by atoms with E-state index >= 15 is 0 Å². The van der Waals surface area contributed by atoms with E-state index in [2.05, 4.69) is 62.3 Å². The number of allylic oxidation sites excluding steroid dienone is 3. The standard InChI is InChI=1S/C27H30ClNOS/c1-5-18-13-16(2)17(3)29-23-12-11-20(28)14-22(23)27(30-15-24(18)29)21-7-6-8-25(31-4)26(21)19-9-10-19/h6-8,11-12,14,19,27H,5,9-10,13,15H2,1-4H3/t27-/m1/s1. The normalized spacial score (nSPS) is 21.2. The molecule has 0 saturated heterocycles. The van der Waals surface area contributed by atoms with Crippen LogP contribution < -0.4 is 4.90 Å². The van der Waals surface area contributed by atoms with Crippen LogP contribution in [0.4, 0.5) is 5.69 Å². The zero-order chi connectivity index (χ0) is 21.7. The molecular formula is C27H30ClNOS. The summed E-state index contributed by atoms with van der Waals surface area (Å²) in [5.41, 5.74) is 10.7. The molecule has 0 aromatic heterocycles. The molecular weight excluding hydrogens is 422 g/mol. The van der Waals surface area contributed by atoms with E-state index in [0.717, 1.165) is 17.9 Å². The second-order valence-corrected chi connectivity index (χ2v) is 10.2. The van der Waals surface area contributed by atoms with Crippen molar-refractivity contribution in [1.29, 1.82) is 0 Å². The maximum absolute atomic E-state index is 6.78. The smallest absolute Gasteiger partial charge is 0.110 e. The van der Waals surface area contributed by atoms with E-state index in [4.69, 9.17) is 16.3 Å². The van der Waals surface area contributed by atoms with Gasteiger partial charge in [0.15, 0.2) is 0 Å². The van der Waals surface area contributed by atoms with Crippen LogP contribution in [-0.2, 0) is 4.74 Å². The molecule has 0 N–H and O–H groups in total. The monoisotopic (exact) mass is 451 g/mol. The van der Waals surface area contributed by atoms with Gasteiger partial charge in [-0.15, -0.1) is 11.8 Å². The largest absolute Gasteiger partial charge is 0.362 e. The first-order chi connectivity index (χ1) is 15.0. The molecule has 0 bridgehead atoms. The quantitative estimate of drug-likeness (QED) is 0.434. The summed E-state index contributed by atoms with van der Waals surface area (Å²) < 4.78 is 6.78. The van der Waals surface area contributed by atoms with Crippen molar-refractivity contribution < 1.29 is 4.74 Å². The summed E-state index contributed by atoms with van der Waals surface area (Å²) in [6, 6.07) is 13.0. The van der Waals surface area contributed by atoms with Crippen LogP contribution >= 0.6 is 23.4 Å². The molecule has 1 saturated carbocycles. The lowest BCUT2D eigenvalue weighted by Crippen LogP contribution is -2.28. The molecule has 1 fully saturated rings. The Balaban J connectivity index is 1.73. The fraction of sp³-hybridized carbons (Fsp3) is 0.407. The zero-order valence-electron chi connectivity index (χ0n) is 18.8. The van der Waals surface area contributed by atoms with Crippen LogP contribution in [0.5, 0.6) is 0 Å². The molecule has 2 heterocycles. The summed E-state index contributed by atoms with van der Waals surface area (Å²) in [6.45, 7) is 7.38. The second-order valence-electron chi connectivity index (χ2n) is 8.91. The van der Waals surface area contributed by atoms with Crippen LogP contribution in [0.1, 0.15) is 75.2 Å². The Hall–Kier alpha value is -1.68. The van der Waals surface area contributed by atoms with E-state index < -0.39 is 0 Å². The van der Waals surface area contributed by atoms with Gasteiger partial charge in [0.05, 0.1) is 12.3 Å². The lowest BCUT2D eigenvalue weighted by Gasteiger charge is -2.35. The first-order valence-electron chi connectivity index (χ1n) is 11.3. The van der Waals surface area contributed by atoms with E-state index in [-0.39, 0.29) is 6.10 Å². The van der Waals surface area contributed by atoms with Gasteiger partial charge in [-0.1, -0.05) is 30.7 Å². The van der Waals surface area contributed by atoms with Crippen molar-refractivity contribution in [3.05, 3.63) is 80.7 Å². The Bertz CT molecular complexity index is 1100. The third-order valence-corrected chi connectivity index (χ3v) is 8.05. The van der Waals surface area contributed by atoms with Crippen molar-refractivity contribution in [1.82, 2.24) is 0 Å². The lowest BCUT2D eigenvalue weighted by atomic mass is 9.92. The number of hydrogen-bond acceptors (Lipinski definition) is 3. The molecule has 4 heteroatoms. The van der Waals surface area contributed by atoms with Crippen molar-refractivity contribution >= 4 is 29.1 Å². The minimum atomic E-state index is -0.110. The van der Waals surface area contributed by atoms with E-state index in [1.54, 1.807) is 0 Å². The molecule has 0 spiro atoms. The number of halogens is 1. The van der Waals surface area contributed by atoms with Crippen molar-refractivity contribution in [2.45, 2.75) is 63.4 Å². The fourth-order valence-electron chi connectivity index (χ4n) is 5.15. The predicted molar refractivity (Wildman–Crippen MR) is 132 cm³/mol. The highest BCUT2D eigenvalue weighted by Crippen LogP contribution is 2.51. The Morgan fingerprint density at radius 1 is 1.13 bits per heavy atom. The molecule has 2 aromatic carbocycles. The molecule has 2 aliphatic heterocycles. The van der Waals surface area contributed by atoms with Crippen LogP contribution in [0.2, 0.25) is 5.02 Å². The second kappa shape index (κ2) is 8.35. The minimum absolute atomic E-state index is 0.110. The van der Waals surface area contributed by atoms with Crippen LogP contribution in [0, 0.1) is 0 Å². The third-order valence-electron chi connectivity index (χ3n) is 7.02. The Morgan fingerprint density at radius 3 is 2.65 bits per heavy atom. The Morgan fingerprint density at radius 2 is 1.94 bits per heavy atom. The number of fused-ring (bicyclic) bond motifs is 3. The SMILES string of the molecule is CCC1=C2CO[C@H](c3cccc(SC)c3C3CC3)c3cc(Cl)ccc3N2C(C)=C(C)C1. The molecule has 2 aromatic rings. The van der Waals surface area contributed by atoms with Crippen LogP contribution in [-0.4, -0.2) is 12.9 Å². The van der Waals surface area contributed by atoms with Crippen LogP contribution in [0.25, 0.3) is 0 Å². The minimum Gasteiger partial charge on any atom is -0.362 e. The van der Waals surface area contributed by atoms with E-state index in [1.165, 1.54) is 62.7 Å². The summed E-state index contributed by atoms with van der Waals surface area (Å²) >= 11 is 8.40. The number of thioether (sulfide) groups is 1. The highest BCUT2D eigenvalue weighted by atomic mass is 35.5. The number of hydrogen-bond donors (Lipinski definition) is 0. The Labute approximate surface area is 195 Å². The summed E-state index contributed by atoms with van der Waals surface area (Å²) in [5, 5.41) is 0.764. The maximum atomic E-state index is 6.78. The van der Waals surface area contributed by atoms with Gasteiger partial charge in [0.1, 0.15) is 6.10 Å². The topological polar surface area (TPSA) is 12.5 Å². The summed E-state index contributed by atoms with van der Waals surface area (Å²) in [6.07, 6.45) is 6.71. The van der Waals surface area contributed by atoms with E-state index in [9.17, 15) is 0 Å².